The van der Waals surface area contributed by atoms with E-state index in [9.17, 15) is 9.90 Å². The third-order valence-corrected chi connectivity index (χ3v) is 9.97. The first-order valence-corrected chi connectivity index (χ1v) is 15.4. The van der Waals surface area contributed by atoms with E-state index in [4.69, 9.17) is 4.42 Å². The zero-order valence-corrected chi connectivity index (χ0v) is 25.6. The van der Waals surface area contributed by atoms with Crippen molar-refractivity contribution in [3.8, 4) is 0 Å². The molecule has 4 aromatic rings. The zero-order valence-electron chi connectivity index (χ0n) is 25.6. The zero-order chi connectivity index (χ0) is 29.7. The first kappa shape index (κ1) is 28.5. The van der Waals surface area contributed by atoms with Crippen LogP contribution < -0.4 is 0 Å². The van der Waals surface area contributed by atoms with Gasteiger partial charge < -0.3 is 14.4 Å². The number of carbonyl (C=O) groups is 1. The summed E-state index contributed by atoms with van der Waals surface area (Å²) in [6, 6.07) is 27.5. The Morgan fingerprint density at radius 2 is 1.45 bits per heavy atom. The van der Waals surface area contributed by atoms with Crippen LogP contribution in [0.15, 0.2) is 89.3 Å². The number of aryl methyl sites for hydroxylation is 1. The minimum absolute atomic E-state index is 0.136. The minimum atomic E-state index is -1.33. The Morgan fingerprint density at radius 1 is 0.881 bits per heavy atom. The first-order chi connectivity index (χ1) is 20.0. The summed E-state index contributed by atoms with van der Waals surface area (Å²) < 4.78 is 6.25. The van der Waals surface area contributed by atoms with E-state index in [1.54, 1.807) is 6.07 Å². The van der Waals surface area contributed by atoms with Crippen molar-refractivity contribution in [3.05, 3.63) is 130 Å². The molecule has 4 heteroatoms. The molecule has 2 heterocycles. The average Bonchev–Trinajstić information content (AvgIpc) is 3.67. The van der Waals surface area contributed by atoms with E-state index in [1.807, 2.05) is 71.6 Å². The second-order valence-corrected chi connectivity index (χ2v) is 13.7. The van der Waals surface area contributed by atoms with Gasteiger partial charge in [0, 0.05) is 13.0 Å². The van der Waals surface area contributed by atoms with Gasteiger partial charge in [-0.05, 0) is 89.0 Å². The second kappa shape index (κ2) is 10.6. The molecule has 2 aliphatic rings. The molecular weight excluding hydrogens is 518 g/mol. The molecule has 0 radical (unpaired) electrons. The summed E-state index contributed by atoms with van der Waals surface area (Å²) in [7, 11) is 0. The topological polar surface area (TPSA) is 53.7 Å². The number of rotatable bonds is 6. The van der Waals surface area contributed by atoms with Gasteiger partial charge in [0.15, 0.2) is 5.76 Å². The van der Waals surface area contributed by atoms with Crippen LogP contribution in [0.3, 0.4) is 0 Å². The molecule has 1 atom stereocenters. The molecule has 0 saturated carbocycles. The second-order valence-electron chi connectivity index (χ2n) is 13.7. The predicted molar refractivity (Wildman–Crippen MR) is 168 cm³/mol. The van der Waals surface area contributed by atoms with Crippen LogP contribution in [0.25, 0.3) is 0 Å². The average molecular weight is 562 g/mol. The van der Waals surface area contributed by atoms with Crippen LogP contribution in [0.1, 0.15) is 103 Å². The van der Waals surface area contributed by atoms with Crippen molar-refractivity contribution >= 4 is 5.91 Å². The summed E-state index contributed by atoms with van der Waals surface area (Å²) in [4.78, 5) is 15.8. The van der Waals surface area contributed by atoms with Crippen molar-refractivity contribution in [3.63, 3.8) is 0 Å². The smallest absolute Gasteiger partial charge is 0.289 e. The van der Waals surface area contributed by atoms with Gasteiger partial charge in [-0.1, -0.05) is 100 Å². The molecule has 42 heavy (non-hydrogen) atoms. The van der Waals surface area contributed by atoms with Gasteiger partial charge >= 0.3 is 0 Å². The van der Waals surface area contributed by atoms with Gasteiger partial charge in [-0.2, -0.15) is 0 Å². The van der Waals surface area contributed by atoms with Crippen LogP contribution in [-0.2, 0) is 22.9 Å². The molecule has 1 fully saturated rings. The number of hydrogen-bond acceptors (Lipinski definition) is 3. The molecule has 1 aromatic heterocycles. The first-order valence-electron chi connectivity index (χ1n) is 15.4. The lowest BCUT2D eigenvalue weighted by molar-refractivity contribution is -0.00186. The third-order valence-electron chi connectivity index (χ3n) is 9.97. The molecule has 1 aliphatic heterocycles. The monoisotopic (exact) mass is 561 g/mol. The lowest BCUT2D eigenvalue weighted by Gasteiger charge is -2.42. The highest BCUT2D eigenvalue weighted by molar-refractivity contribution is 5.92. The number of fused-ring (bicyclic) bond motifs is 1. The summed E-state index contributed by atoms with van der Waals surface area (Å²) >= 11 is 0. The van der Waals surface area contributed by atoms with Gasteiger partial charge in [0.25, 0.3) is 5.91 Å². The van der Waals surface area contributed by atoms with Gasteiger partial charge in [0.1, 0.15) is 11.4 Å². The Morgan fingerprint density at radius 3 is 2.05 bits per heavy atom. The van der Waals surface area contributed by atoms with E-state index in [-0.39, 0.29) is 16.7 Å². The Balaban J connectivity index is 1.29. The molecule has 1 amide bonds. The number of nitrogens with zero attached hydrogens (tertiary/aromatic N) is 1. The number of aliphatic hydroxyl groups is 1. The van der Waals surface area contributed by atoms with E-state index in [0.29, 0.717) is 25.1 Å². The van der Waals surface area contributed by atoms with Crippen molar-refractivity contribution < 1.29 is 14.3 Å². The van der Waals surface area contributed by atoms with Crippen LogP contribution in [0.2, 0.25) is 0 Å². The molecule has 218 valence electrons. The summed E-state index contributed by atoms with van der Waals surface area (Å²) in [5.41, 5.74) is 5.95. The lowest BCUT2D eigenvalue weighted by atomic mass is 9.62. The Kier molecular flexibility index (Phi) is 7.17. The van der Waals surface area contributed by atoms with Gasteiger partial charge in [-0.3, -0.25) is 4.79 Å². The molecule has 0 spiro atoms. The summed E-state index contributed by atoms with van der Waals surface area (Å²) in [6.07, 6.45) is 4.54. The fourth-order valence-corrected chi connectivity index (χ4v) is 7.25. The number of furan rings is 1. The van der Waals surface area contributed by atoms with Gasteiger partial charge in [0.2, 0.25) is 0 Å². The molecular formula is C38H43NO3. The maximum atomic E-state index is 14.0. The molecule has 4 nitrogen and oxygen atoms in total. The van der Waals surface area contributed by atoms with Crippen LogP contribution in [-0.4, -0.2) is 28.5 Å². The highest BCUT2D eigenvalue weighted by Gasteiger charge is 2.47. The van der Waals surface area contributed by atoms with Crippen molar-refractivity contribution in [1.29, 1.82) is 0 Å². The number of hydrogen-bond donors (Lipinski definition) is 1. The van der Waals surface area contributed by atoms with Crippen molar-refractivity contribution in [2.75, 3.05) is 6.54 Å². The Labute approximate surface area is 250 Å². The van der Waals surface area contributed by atoms with E-state index < -0.39 is 11.6 Å². The van der Waals surface area contributed by atoms with Gasteiger partial charge in [-0.25, -0.2) is 0 Å². The molecule has 1 N–H and O–H groups in total. The molecule has 0 bridgehead atoms. The predicted octanol–water partition coefficient (Wildman–Crippen LogP) is 8.07. The fraction of sp³-hybridized carbons (Fsp3) is 0.395. The summed E-state index contributed by atoms with van der Waals surface area (Å²) in [5.74, 6) is 0.947. The lowest BCUT2D eigenvalue weighted by Crippen LogP contribution is -2.50. The number of likely N-dealkylation sites (tertiary alicyclic amines) is 1. The number of amides is 1. The maximum Gasteiger partial charge on any atom is 0.289 e. The summed E-state index contributed by atoms with van der Waals surface area (Å²) in [5, 5.41) is 12.4. The molecule has 3 aromatic carbocycles. The number of benzene rings is 3. The highest BCUT2D eigenvalue weighted by atomic mass is 16.4. The van der Waals surface area contributed by atoms with Crippen LogP contribution in [0.4, 0.5) is 0 Å². The Bertz CT molecular complexity index is 1540. The van der Waals surface area contributed by atoms with Crippen molar-refractivity contribution in [2.24, 2.45) is 0 Å². The molecule has 1 unspecified atom stereocenters. The van der Waals surface area contributed by atoms with E-state index in [1.165, 1.54) is 35.1 Å². The molecule has 1 aliphatic carbocycles. The third kappa shape index (κ3) is 4.90. The maximum absolute atomic E-state index is 14.0. The van der Waals surface area contributed by atoms with Crippen molar-refractivity contribution in [1.82, 2.24) is 4.90 Å². The largest absolute Gasteiger partial charge is 0.456 e. The van der Waals surface area contributed by atoms with E-state index in [2.05, 4.69) is 46.8 Å². The quantitative estimate of drug-likeness (QED) is 0.259. The number of carbonyl (C=O) groups excluding carboxylic acids is 1. The SMILES string of the molecule is Cc1cc2c(cc1Cc1ccc(C(=O)N3CCCC3C(O)(c3ccccc3)c3ccccc3)o1)C(C)(C)CCC2(C)C. The van der Waals surface area contributed by atoms with Crippen molar-refractivity contribution in [2.45, 2.75) is 89.2 Å². The standard InChI is InChI=1S/C38H43NO3/c1-26-23-31-32(37(4,5)21-20-36(31,2)3)25-27(26)24-30-18-19-33(42-30)35(40)39-22-12-17-34(39)38(41,28-13-8-6-9-14-28)29-15-10-7-11-16-29/h6-11,13-16,18-19,23,25,34,41H,12,17,20-22,24H2,1-5H3. The van der Waals surface area contributed by atoms with Crippen LogP contribution >= 0.6 is 0 Å². The summed E-state index contributed by atoms with van der Waals surface area (Å²) in [6.45, 7) is 12.2. The van der Waals surface area contributed by atoms with Gasteiger partial charge in [-0.15, -0.1) is 0 Å². The minimum Gasteiger partial charge on any atom is -0.456 e. The van der Waals surface area contributed by atoms with Crippen LogP contribution in [0.5, 0.6) is 0 Å². The van der Waals surface area contributed by atoms with Gasteiger partial charge in [0.05, 0.1) is 6.04 Å². The van der Waals surface area contributed by atoms with E-state index >= 15 is 0 Å². The van der Waals surface area contributed by atoms with E-state index in [0.717, 1.165) is 23.3 Å². The van der Waals surface area contributed by atoms with Crippen LogP contribution in [0, 0.1) is 6.92 Å². The molecule has 1 saturated heterocycles. The fourth-order valence-electron chi connectivity index (χ4n) is 7.25. The highest BCUT2D eigenvalue weighted by Crippen LogP contribution is 2.47. The Hall–Kier alpha value is -3.63. The molecule has 6 rings (SSSR count). The normalized spacial score (nSPS) is 19.5.